The Bertz CT molecular complexity index is 597. The van der Waals surface area contributed by atoms with Crippen LogP contribution in [-0.2, 0) is 6.54 Å². The number of rotatable bonds is 7. The zero-order valence-electron chi connectivity index (χ0n) is 12.2. The molecule has 3 rings (SSSR count). The third-order valence-electron chi connectivity index (χ3n) is 3.34. The Kier molecular flexibility index (Phi) is 4.36. The van der Waals surface area contributed by atoms with Crippen molar-refractivity contribution >= 4 is 0 Å². The first-order valence-corrected chi connectivity index (χ1v) is 7.43. The van der Waals surface area contributed by atoms with Gasteiger partial charge in [0.15, 0.2) is 0 Å². The minimum Gasteiger partial charge on any atom is -0.494 e. The number of aromatic nitrogens is 1. The summed E-state index contributed by atoms with van der Waals surface area (Å²) < 4.78 is 11.4. The Morgan fingerprint density at radius 2 is 2.05 bits per heavy atom. The first-order valence-electron chi connectivity index (χ1n) is 7.43. The van der Waals surface area contributed by atoms with E-state index >= 15 is 0 Å². The number of nitrogens with one attached hydrogen (secondary N) is 1. The molecular weight excluding hydrogens is 264 g/mol. The summed E-state index contributed by atoms with van der Waals surface area (Å²) in [4.78, 5) is 4.34. The first-order chi connectivity index (χ1) is 10.3. The molecule has 110 valence electrons. The highest BCUT2D eigenvalue weighted by atomic mass is 16.5. The van der Waals surface area contributed by atoms with Gasteiger partial charge in [-0.3, -0.25) is 0 Å². The summed E-state index contributed by atoms with van der Waals surface area (Å²) in [6, 6.07) is 12.3. The van der Waals surface area contributed by atoms with Crippen LogP contribution in [-0.4, -0.2) is 17.6 Å². The summed E-state index contributed by atoms with van der Waals surface area (Å²) in [6.07, 6.45) is 4.29. The molecule has 0 spiro atoms. The summed E-state index contributed by atoms with van der Waals surface area (Å²) in [5.74, 6) is 2.20. The lowest BCUT2D eigenvalue weighted by Gasteiger charge is -2.11. The van der Waals surface area contributed by atoms with Crippen LogP contribution in [0.1, 0.15) is 25.3 Å². The topological polar surface area (TPSA) is 43.4 Å². The second-order valence-corrected chi connectivity index (χ2v) is 5.13. The van der Waals surface area contributed by atoms with Crippen molar-refractivity contribution in [3.05, 3.63) is 48.2 Å². The fourth-order valence-electron chi connectivity index (χ4n) is 2.10. The van der Waals surface area contributed by atoms with E-state index < -0.39 is 0 Å². The van der Waals surface area contributed by atoms with Crippen LogP contribution < -0.4 is 14.8 Å². The molecule has 21 heavy (non-hydrogen) atoms. The van der Waals surface area contributed by atoms with Crippen molar-refractivity contribution in [1.82, 2.24) is 10.3 Å². The van der Waals surface area contributed by atoms with Crippen LogP contribution in [0.3, 0.4) is 0 Å². The molecule has 1 heterocycles. The van der Waals surface area contributed by atoms with Gasteiger partial charge in [-0.25, -0.2) is 4.98 Å². The van der Waals surface area contributed by atoms with Gasteiger partial charge in [0.2, 0.25) is 5.88 Å². The minimum absolute atomic E-state index is 0.642. The van der Waals surface area contributed by atoms with E-state index in [0.29, 0.717) is 18.5 Å². The van der Waals surface area contributed by atoms with E-state index in [1.54, 1.807) is 6.20 Å². The quantitative estimate of drug-likeness (QED) is 0.844. The lowest BCUT2D eigenvalue weighted by Crippen LogP contribution is -2.16. The SMILES string of the molecule is CCOc1cccc(Oc2ncccc2CNC2CC2)c1. The molecule has 4 nitrogen and oxygen atoms in total. The smallest absolute Gasteiger partial charge is 0.223 e. The van der Waals surface area contributed by atoms with Gasteiger partial charge in [-0.05, 0) is 38.0 Å². The minimum atomic E-state index is 0.642. The largest absolute Gasteiger partial charge is 0.494 e. The van der Waals surface area contributed by atoms with Gasteiger partial charge in [0.25, 0.3) is 0 Å². The van der Waals surface area contributed by atoms with Gasteiger partial charge in [-0.15, -0.1) is 0 Å². The highest BCUT2D eigenvalue weighted by Gasteiger charge is 2.20. The number of hydrogen-bond acceptors (Lipinski definition) is 4. The normalized spacial score (nSPS) is 14.0. The number of hydrogen-bond donors (Lipinski definition) is 1. The average molecular weight is 284 g/mol. The van der Waals surface area contributed by atoms with Crippen LogP contribution in [0, 0.1) is 0 Å². The van der Waals surface area contributed by atoms with E-state index in [4.69, 9.17) is 9.47 Å². The van der Waals surface area contributed by atoms with Crippen LogP contribution in [0.25, 0.3) is 0 Å². The van der Waals surface area contributed by atoms with Crippen LogP contribution in [0.5, 0.6) is 17.4 Å². The number of pyridine rings is 1. The maximum Gasteiger partial charge on any atom is 0.223 e. The Balaban J connectivity index is 1.72. The van der Waals surface area contributed by atoms with E-state index in [1.807, 2.05) is 43.3 Å². The third kappa shape index (κ3) is 3.95. The van der Waals surface area contributed by atoms with Gasteiger partial charge >= 0.3 is 0 Å². The molecule has 0 radical (unpaired) electrons. The van der Waals surface area contributed by atoms with Crippen LogP contribution in [0.15, 0.2) is 42.6 Å². The highest BCUT2D eigenvalue weighted by Crippen LogP contribution is 2.27. The standard InChI is InChI=1S/C17H20N2O2/c1-2-20-15-6-3-7-16(11-15)21-17-13(5-4-10-18-17)12-19-14-8-9-14/h3-7,10-11,14,19H,2,8-9,12H2,1H3. The molecule has 0 atom stereocenters. The molecule has 0 bridgehead atoms. The van der Waals surface area contributed by atoms with Crippen molar-refractivity contribution in [2.45, 2.75) is 32.4 Å². The lowest BCUT2D eigenvalue weighted by molar-refractivity contribution is 0.337. The van der Waals surface area contributed by atoms with Crippen LogP contribution >= 0.6 is 0 Å². The molecule has 1 fully saturated rings. The molecule has 1 aliphatic carbocycles. The number of benzene rings is 1. The average Bonchev–Trinajstić information content (AvgIpc) is 3.31. The van der Waals surface area contributed by atoms with Crippen LogP contribution in [0.2, 0.25) is 0 Å². The van der Waals surface area contributed by atoms with Crippen molar-refractivity contribution < 1.29 is 9.47 Å². The zero-order valence-corrected chi connectivity index (χ0v) is 12.2. The third-order valence-corrected chi connectivity index (χ3v) is 3.34. The molecule has 1 N–H and O–H groups in total. The Labute approximate surface area is 125 Å². The molecule has 0 amide bonds. The fourth-order valence-corrected chi connectivity index (χ4v) is 2.10. The summed E-state index contributed by atoms with van der Waals surface area (Å²) in [5.41, 5.74) is 1.08. The molecule has 0 aliphatic heterocycles. The van der Waals surface area contributed by atoms with E-state index in [-0.39, 0.29) is 0 Å². The summed E-state index contributed by atoms with van der Waals surface area (Å²) in [5, 5.41) is 3.49. The molecule has 4 heteroatoms. The van der Waals surface area contributed by atoms with Crippen molar-refractivity contribution in [3.63, 3.8) is 0 Å². The monoisotopic (exact) mass is 284 g/mol. The van der Waals surface area contributed by atoms with Gasteiger partial charge < -0.3 is 14.8 Å². The molecule has 2 aromatic rings. The summed E-state index contributed by atoms with van der Waals surface area (Å²) in [7, 11) is 0. The fraction of sp³-hybridized carbons (Fsp3) is 0.353. The molecular formula is C17H20N2O2. The van der Waals surface area contributed by atoms with Gasteiger partial charge in [0.05, 0.1) is 6.61 Å². The van der Waals surface area contributed by atoms with Crippen LogP contribution in [0.4, 0.5) is 0 Å². The molecule has 0 saturated heterocycles. The molecule has 1 saturated carbocycles. The Morgan fingerprint density at radius 1 is 1.19 bits per heavy atom. The van der Waals surface area contributed by atoms with Crippen molar-refractivity contribution in [3.8, 4) is 17.4 Å². The van der Waals surface area contributed by atoms with Gasteiger partial charge in [-0.1, -0.05) is 12.1 Å². The van der Waals surface area contributed by atoms with Crippen molar-refractivity contribution in [2.75, 3.05) is 6.61 Å². The van der Waals surface area contributed by atoms with E-state index in [1.165, 1.54) is 12.8 Å². The molecule has 0 unspecified atom stereocenters. The zero-order chi connectivity index (χ0) is 14.5. The number of nitrogens with zero attached hydrogens (tertiary/aromatic N) is 1. The number of ether oxygens (including phenoxy) is 2. The van der Waals surface area contributed by atoms with Gasteiger partial charge in [0.1, 0.15) is 11.5 Å². The molecule has 1 aromatic carbocycles. The van der Waals surface area contributed by atoms with E-state index in [9.17, 15) is 0 Å². The predicted octanol–water partition coefficient (Wildman–Crippen LogP) is 3.52. The summed E-state index contributed by atoms with van der Waals surface area (Å²) >= 11 is 0. The predicted molar refractivity (Wildman–Crippen MR) is 81.8 cm³/mol. The van der Waals surface area contributed by atoms with E-state index in [2.05, 4.69) is 10.3 Å². The Morgan fingerprint density at radius 3 is 2.86 bits per heavy atom. The maximum atomic E-state index is 5.92. The second-order valence-electron chi connectivity index (χ2n) is 5.13. The van der Waals surface area contributed by atoms with E-state index in [0.717, 1.165) is 23.6 Å². The van der Waals surface area contributed by atoms with Crippen molar-refractivity contribution in [1.29, 1.82) is 0 Å². The first kappa shape index (κ1) is 13.9. The lowest BCUT2D eigenvalue weighted by atomic mass is 10.2. The van der Waals surface area contributed by atoms with Gasteiger partial charge in [-0.2, -0.15) is 0 Å². The second kappa shape index (κ2) is 6.59. The van der Waals surface area contributed by atoms with Crippen molar-refractivity contribution in [2.24, 2.45) is 0 Å². The highest BCUT2D eigenvalue weighted by molar-refractivity contribution is 5.37. The molecule has 1 aliphatic rings. The van der Waals surface area contributed by atoms with Gasteiger partial charge in [0, 0.05) is 30.4 Å². The Hall–Kier alpha value is -2.07. The molecule has 1 aromatic heterocycles. The summed E-state index contributed by atoms with van der Waals surface area (Å²) in [6.45, 7) is 3.40. The maximum absolute atomic E-state index is 5.92.